The minimum absolute atomic E-state index is 0.178. The Morgan fingerprint density at radius 2 is 2.05 bits per heavy atom. The van der Waals surface area contributed by atoms with Crippen LogP contribution in [0, 0.1) is 0 Å². The van der Waals surface area contributed by atoms with Gasteiger partial charge in [-0.2, -0.15) is 0 Å². The number of hydrogen-bond acceptors (Lipinski definition) is 4. The minimum Gasteiger partial charge on any atom is -0.294 e. The van der Waals surface area contributed by atoms with Gasteiger partial charge < -0.3 is 0 Å². The molecule has 0 radical (unpaired) electrons. The molecule has 4 nitrogen and oxygen atoms in total. The van der Waals surface area contributed by atoms with Crippen LogP contribution in [0.3, 0.4) is 0 Å². The second kappa shape index (κ2) is 5.31. The van der Waals surface area contributed by atoms with Crippen molar-refractivity contribution in [3.05, 3.63) is 57.5 Å². The molecule has 0 spiro atoms. The van der Waals surface area contributed by atoms with Gasteiger partial charge >= 0.3 is 0 Å². The molecule has 0 amide bonds. The predicted octanol–water partition coefficient (Wildman–Crippen LogP) is 1.91. The lowest BCUT2D eigenvalue weighted by Gasteiger charge is -2.28. The molecule has 5 heteroatoms. The summed E-state index contributed by atoms with van der Waals surface area (Å²) in [5.41, 5.74) is 3.40. The van der Waals surface area contributed by atoms with Crippen LogP contribution in [0.25, 0.3) is 0 Å². The van der Waals surface area contributed by atoms with Gasteiger partial charge in [0.15, 0.2) is 5.16 Å². The molecule has 0 N–H and O–H groups in total. The quantitative estimate of drug-likeness (QED) is 0.794. The molecule has 2 aromatic rings. The molecule has 4 rings (SSSR count). The van der Waals surface area contributed by atoms with E-state index in [2.05, 4.69) is 29.2 Å². The van der Waals surface area contributed by atoms with Crippen LogP contribution in [0.1, 0.15) is 16.8 Å². The molecule has 0 unspecified atom stereocenters. The summed E-state index contributed by atoms with van der Waals surface area (Å²) < 4.78 is 1.84. The van der Waals surface area contributed by atoms with E-state index in [1.807, 2.05) is 10.6 Å². The molecule has 0 bridgehead atoms. The van der Waals surface area contributed by atoms with Crippen LogP contribution in [-0.2, 0) is 26.1 Å². The zero-order chi connectivity index (χ0) is 14.2. The molecule has 1 aromatic heterocycles. The second-order valence-corrected chi connectivity index (χ2v) is 6.63. The van der Waals surface area contributed by atoms with Crippen molar-refractivity contribution in [2.75, 3.05) is 12.3 Å². The van der Waals surface area contributed by atoms with Gasteiger partial charge in [-0.3, -0.25) is 14.3 Å². The van der Waals surface area contributed by atoms with E-state index in [0.29, 0.717) is 0 Å². The Morgan fingerprint density at radius 1 is 1.19 bits per heavy atom. The Hall–Kier alpha value is -1.59. The first-order valence-electron chi connectivity index (χ1n) is 7.33. The summed E-state index contributed by atoms with van der Waals surface area (Å²) in [4.78, 5) is 19.6. The van der Waals surface area contributed by atoms with Crippen molar-refractivity contribution < 1.29 is 0 Å². The SMILES string of the molecule is O=c1c2c(nc3n1CCS3)CCN(Cc1ccccc1)C2. The fourth-order valence-corrected chi connectivity index (χ4v) is 4.02. The molecule has 0 saturated carbocycles. The smallest absolute Gasteiger partial charge is 0.258 e. The Kier molecular flexibility index (Phi) is 3.31. The van der Waals surface area contributed by atoms with Crippen molar-refractivity contribution in [2.45, 2.75) is 31.2 Å². The average Bonchev–Trinajstić information content (AvgIpc) is 2.98. The van der Waals surface area contributed by atoms with E-state index in [-0.39, 0.29) is 5.56 Å². The summed E-state index contributed by atoms with van der Waals surface area (Å²) in [5, 5.41) is 0.912. The van der Waals surface area contributed by atoms with Crippen LogP contribution < -0.4 is 5.56 Å². The first-order chi connectivity index (χ1) is 10.3. The lowest BCUT2D eigenvalue weighted by atomic mass is 10.1. The molecule has 0 atom stereocenters. The van der Waals surface area contributed by atoms with E-state index in [9.17, 15) is 4.79 Å². The Labute approximate surface area is 127 Å². The number of benzene rings is 1. The topological polar surface area (TPSA) is 38.1 Å². The van der Waals surface area contributed by atoms with Crippen molar-refractivity contribution in [3.8, 4) is 0 Å². The van der Waals surface area contributed by atoms with Gasteiger partial charge in [-0.05, 0) is 5.56 Å². The summed E-state index contributed by atoms with van der Waals surface area (Å²) in [6, 6.07) is 10.4. The van der Waals surface area contributed by atoms with Crippen molar-refractivity contribution in [3.63, 3.8) is 0 Å². The van der Waals surface area contributed by atoms with Gasteiger partial charge in [-0.1, -0.05) is 42.1 Å². The molecule has 108 valence electrons. The van der Waals surface area contributed by atoms with Gasteiger partial charge in [0.05, 0.1) is 11.3 Å². The third-order valence-corrected chi connectivity index (χ3v) is 5.11. The number of nitrogens with zero attached hydrogens (tertiary/aromatic N) is 3. The second-order valence-electron chi connectivity index (χ2n) is 5.57. The number of rotatable bonds is 2. The van der Waals surface area contributed by atoms with E-state index in [4.69, 9.17) is 4.98 Å². The summed E-state index contributed by atoms with van der Waals surface area (Å²) in [6.45, 7) is 3.40. The third-order valence-electron chi connectivity index (χ3n) is 4.15. The molecule has 2 aliphatic heterocycles. The normalized spacial score (nSPS) is 17.5. The molecule has 0 aliphatic carbocycles. The number of fused-ring (bicyclic) bond motifs is 2. The van der Waals surface area contributed by atoms with E-state index in [1.165, 1.54) is 5.56 Å². The van der Waals surface area contributed by atoms with E-state index in [0.717, 1.165) is 54.8 Å². The third kappa shape index (κ3) is 2.40. The monoisotopic (exact) mass is 299 g/mol. The lowest BCUT2D eigenvalue weighted by molar-refractivity contribution is 0.239. The molecule has 1 aromatic carbocycles. The largest absolute Gasteiger partial charge is 0.294 e. The van der Waals surface area contributed by atoms with Gasteiger partial charge in [-0.25, -0.2) is 4.98 Å². The van der Waals surface area contributed by atoms with E-state index >= 15 is 0 Å². The zero-order valence-electron chi connectivity index (χ0n) is 11.8. The first-order valence-corrected chi connectivity index (χ1v) is 8.31. The van der Waals surface area contributed by atoms with Crippen LogP contribution in [-0.4, -0.2) is 26.7 Å². The molecule has 2 aliphatic rings. The van der Waals surface area contributed by atoms with Crippen LogP contribution in [0.5, 0.6) is 0 Å². The van der Waals surface area contributed by atoms with Gasteiger partial charge in [0.1, 0.15) is 0 Å². The fraction of sp³-hybridized carbons (Fsp3) is 0.375. The first kappa shape index (κ1) is 13.1. The summed E-state index contributed by atoms with van der Waals surface area (Å²) in [5.74, 6) is 0.971. The van der Waals surface area contributed by atoms with Crippen LogP contribution in [0.2, 0.25) is 0 Å². The molecular formula is C16H17N3OS. The van der Waals surface area contributed by atoms with Crippen LogP contribution >= 0.6 is 11.8 Å². The van der Waals surface area contributed by atoms with Gasteiger partial charge in [0.2, 0.25) is 0 Å². The molecule has 0 fully saturated rings. The number of thioether (sulfide) groups is 1. The highest BCUT2D eigenvalue weighted by molar-refractivity contribution is 7.99. The molecule has 0 saturated heterocycles. The van der Waals surface area contributed by atoms with Gasteiger partial charge in [0, 0.05) is 38.4 Å². The van der Waals surface area contributed by atoms with Crippen LogP contribution in [0.4, 0.5) is 0 Å². The molecule has 21 heavy (non-hydrogen) atoms. The van der Waals surface area contributed by atoms with Crippen molar-refractivity contribution in [2.24, 2.45) is 0 Å². The highest BCUT2D eigenvalue weighted by atomic mass is 32.2. The molecular weight excluding hydrogens is 282 g/mol. The number of aromatic nitrogens is 2. The highest BCUT2D eigenvalue weighted by Gasteiger charge is 2.25. The van der Waals surface area contributed by atoms with Crippen molar-refractivity contribution >= 4 is 11.8 Å². The van der Waals surface area contributed by atoms with Crippen LogP contribution in [0.15, 0.2) is 40.3 Å². The van der Waals surface area contributed by atoms with E-state index < -0.39 is 0 Å². The Bertz CT molecular complexity index is 726. The van der Waals surface area contributed by atoms with Crippen molar-refractivity contribution in [1.29, 1.82) is 0 Å². The lowest BCUT2D eigenvalue weighted by Crippen LogP contribution is -2.37. The van der Waals surface area contributed by atoms with Gasteiger partial charge in [-0.15, -0.1) is 0 Å². The predicted molar refractivity (Wildman–Crippen MR) is 83.5 cm³/mol. The minimum atomic E-state index is 0.178. The maximum atomic E-state index is 12.6. The average molecular weight is 299 g/mol. The summed E-state index contributed by atoms with van der Waals surface area (Å²) >= 11 is 1.70. The zero-order valence-corrected chi connectivity index (χ0v) is 12.6. The highest BCUT2D eigenvalue weighted by Crippen LogP contribution is 2.24. The van der Waals surface area contributed by atoms with E-state index in [1.54, 1.807) is 11.8 Å². The summed E-state index contributed by atoms with van der Waals surface area (Å²) in [6.07, 6.45) is 0.881. The Morgan fingerprint density at radius 3 is 2.90 bits per heavy atom. The van der Waals surface area contributed by atoms with Gasteiger partial charge in [0.25, 0.3) is 5.56 Å². The maximum Gasteiger partial charge on any atom is 0.258 e. The summed E-state index contributed by atoms with van der Waals surface area (Å²) in [7, 11) is 0. The maximum absolute atomic E-state index is 12.6. The fourth-order valence-electron chi connectivity index (χ4n) is 3.06. The standard InChI is InChI=1S/C16H17N3OS/c20-15-13-11-18(10-12-4-2-1-3-5-12)7-6-14(13)17-16-19(15)8-9-21-16/h1-5H,6-11H2. The molecule has 3 heterocycles. The van der Waals surface area contributed by atoms with Crippen molar-refractivity contribution in [1.82, 2.24) is 14.5 Å². The number of hydrogen-bond donors (Lipinski definition) is 0. The Balaban J connectivity index is 1.62.